The van der Waals surface area contributed by atoms with Crippen LogP contribution in [0.2, 0.25) is 0 Å². The second-order valence-corrected chi connectivity index (χ2v) is 6.80. The number of hydrogen-bond acceptors (Lipinski definition) is 6. The Morgan fingerprint density at radius 3 is 2.67 bits per heavy atom. The Labute approximate surface area is 156 Å². The third-order valence-electron chi connectivity index (χ3n) is 5.15. The zero-order valence-electron chi connectivity index (χ0n) is 15.3. The molecule has 2 fully saturated rings. The summed E-state index contributed by atoms with van der Waals surface area (Å²) >= 11 is 0. The number of carbonyl (C=O) groups excluding carboxylic acids is 2. The van der Waals surface area contributed by atoms with E-state index >= 15 is 0 Å². The smallest absolute Gasteiger partial charge is 0.239 e. The van der Waals surface area contributed by atoms with E-state index < -0.39 is 5.41 Å². The van der Waals surface area contributed by atoms with E-state index in [1.165, 1.54) is 0 Å². The maximum absolute atomic E-state index is 13.0. The number of benzene rings is 1. The Morgan fingerprint density at radius 2 is 2.00 bits per heavy atom. The van der Waals surface area contributed by atoms with E-state index in [-0.39, 0.29) is 18.4 Å². The number of amides is 2. The first-order valence-corrected chi connectivity index (χ1v) is 8.83. The number of carbonyl (C=O) groups is 2. The average Bonchev–Trinajstić information content (AvgIpc) is 3.36. The lowest BCUT2D eigenvalue weighted by molar-refractivity contribution is -0.140. The molecule has 1 saturated heterocycles. The maximum Gasteiger partial charge on any atom is 0.239 e. The van der Waals surface area contributed by atoms with Gasteiger partial charge in [0.25, 0.3) is 0 Å². The SMILES string of the molecule is COc1ccc(-c2cc(C3(C(=O)N4CCNC(=O)C4)CC3)no2)cc1OC. The Kier molecular flexibility index (Phi) is 4.25. The van der Waals surface area contributed by atoms with Gasteiger partial charge in [-0.15, -0.1) is 0 Å². The zero-order chi connectivity index (χ0) is 19.0. The molecule has 0 atom stereocenters. The van der Waals surface area contributed by atoms with Gasteiger partial charge in [-0.25, -0.2) is 0 Å². The number of ether oxygens (including phenoxy) is 2. The number of nitrogens with one attached hydrogen (secondary N) is 1. The number of aromatic nitrogens is 1. The molecule has 0 bridgehead atoms. The molecular formula is C19H21N3O5. The second-order valence-electron chi connectivity index (χ2n) is 6.80. The van der Waals surface area contributed by atoms with Gasteiger partial charge in [-0.2, -0.15) is 0 Å². The van der Waals surface area contributed by atoms with Crippen LogP contribution in [0.25, 0.3) is 11.3 Å². The molecule has 8 heteroatoms. The van der Waals surface area contributed by atoms with Crippen LogP contribution in [0.1, 0.15) is 18.5 Å². The lowest BCUT2D eigenvalue weighted by Crippen LogP contribution is -2.52. The van der Waals surface area contributed by atoms with Gasteiger partial charge >= 0.3 is 0 Å². The van der Waals surface area contributed by atoms with Gasteiger partial charge in [0.15, 0.2) is 17.3 Å². The molecule has 27 heavy (non-hydrogen) atoms. The van der Waals surface area contributed by atoms with Crippen LogP contribution in [0.5, 0.6) is 11.5 Å². The molecule has 0 unspecified atom stereocenters. The van der Waals surface area contributed by atoms with Crippen molar-refractivity contribution >= 4 is 11.8 Å². The lowest BCUT2D eigenvalue weighted by Gasteiger charge is -2.29. The van der Waals surface area contributed by atoms with Crippen molar-refractivity contribution in [3.8, 4) is 22.8 Å². The molecule has 2 aromatic rings. The van der Waals surface area contributed by atoms with Gasteiger partial charge in [-0.3, -0.25) is 9.59 Å². The summed E-state index contributed by atoms with van der Waals surface area (Å²) in [5.74, 6) is 1.59. The van der Waals surface area contributed by atoms with Gasteiger partial charge in [0.2, 0.25) is 11.8 Å². The van der Waals surface area contributed by atoms with Gasteiger partial charge in [0.05, 0.1) is 31.9 Å². The van der Waals surface area contributed by atoms with Crippen LogP contribution in [0.4, 0.5) is 0 Å². The molecule has 1 aliphatic heterocycles. The highest BCUT2D eigenvalue weighted by Gasteiger charge is 2.55. The summed E-state index contributed by atoms with van der Waals surface area (Å²) in [6.45, 7) is 1.10. The fraction of sp³-hybridized carbons (Fsp3) is 0.421. The molecule has 1 aromatic heterocycles. The summed E-state index contributed by atoms with van der Waals surface area (Å²) in [4.78, 5) is 26.2. The summed E-state index contributed by atoms with van der Waals surface area (Å²) in [5, 5.41) is 6.90. The van der Waals surface area contributed by atoms with Crippen molar-refractivity contribution in [1.29, 1.82) is 0 Å². The molecule has 4 rings (SSSR count). The number of hydrogen-bond donors (Lipinski definition) is 1. The molecule has 2 aliphatic rings. The van der Waals surface area contributed by atoms with Gasteiger partial charge < -0.3 is 24.2 Å². The molecule has 1 aliphatic carbocycles. The Hall–Kier alpha value is -3.03. The largest absolute Gasteiger partial charge is 0.493 e. The van der Waals surface area contributed by atoms with E-state index in [1.807, 2.05) is 6.07 Å². The standard InChI is InChI=1S/C19H21N3O5/c1-25-13-4-3-12(9-15(13)26-2)14-10-16(21-27-14)19(5-6-19)18(24)22-8-7-20-17(23)11-22/h3-4,9-10H,5-8,11H2,1-2H3,(H,20,23). The van der Waals surface area contributed by atoms with Crippen LogP contribution in [-0.2, 0) is 15.0 Å². The first-order valence-electron chi connectivity index (χ1n) is 8.83. The molecule has 142 valence electrons. The minimum absolute atomic E-state index is 0.0514. The Bertz CT molecular complexity index is 887. The summed E-state index contributed by atoms with van der Waals surface area (Å²) in [5.41, 5.74) is 0.728. The van der Waals surface area contributed by atoms with Crippen LogP contribution in [0.15, 0.2) is 28.8 Å². The molecule has 1 aromatic carbocycles. The highest BCUT2D eigenvalue weighted by molar-refractivity contribution is 5.94. The van der Waals surface area contributed by atoms with Crippen molar-refractivity contribution in [3.63, 3.8) is 0 Å². The Balaban J connectivity index is 1.59. The molecular weight excluding hydrogens is 350 g/mol. The average molecular weight is 371 g/mol. The third kappa shape index (κ3) is 3.01. The van der Waals surface area contributed by atoms with E-state index in [9.17, 15) is 9.59 Å². The normalized spacial score (nSPS) is 18.0. The minimum Gasteiger partial charge on any atom is -0.493 e. The number of methoxy groups -OCH3 is 2. The van der Waals surface area contributed by atoms with E-state index in [2.05, 4.69) is 10.5 Å². The number of rotatable bonds is 5. The molecule has 8 nitrogen and oxygen atoms in total. The predicted molar refractivity (Wildman–Crippen MR) is 95.5 cm³/mol. The van der Waals surface area contributed by atoms with Crippen LogP contribution < -0.4 is 14.8 Å². The fourth-order valence-electron chi connectivity index (χ4n) is 3.45. The van der Waals surface area contributed by atoms with Crippen LogP contribution in [-0.4, -0.2) is 55.7 Å². The van der Waals surface area contributed by atoms with E-state index in [0.29, 0.717) is 48.9 Å². The molecule has 1 N–H and O–H groups in total. The first-order chi connectivity index (χ1) is 13.1. The summed E-state index contributed by atoms with van der Waals surface area (Å²) in [6.07, 6.45) is 1.42. The van der Waals surface area contributed by atoms with E-state index in [1.54, 1.807) is 37.3 Å². The van der Waals surface area contributed by atoms with Gasteiger partial charge in [-0.1, -0.05) is 5.16 Å². The first kappa shape index (κ1) is 17.4. The molecule has 2 amide bonds. The lowest BCUT2D eigenvalue weighted by atomic mass is 9.99. The van der Waals surface area contributed by atoms with Crippen molar-refractivity contribution in [3.05, 3.63) is 30.0 Å². The highest BCUT2D eigenvalue weighted by atomic mass is 16.5. The van der Waals surface area contributed by atoms with Crippen molar-refractivity contribution in [2.75, 3.05) is 33.9 Å². The quantitative estimate of drug-likeness (QED) is 0.853. The van der Waals surface area contributed by atoms with Crippen molar-refractivity contribution in [2.24, 2.45) is 0 Å². The fourth-order valence-corrected chi connectivity index (χ4v) is 3.45. The number of piperazine rings is 1. The van der Waals surface area contributed by atoms with Gasteiger partial charge in [0, 0.05) is 24.7 Å². The third-order valence-corrected chi connectivity index (χ3v) is 5.15. The Morgan fingerprint density at radius 1 is 1.22 bits per heavy atom. The highest BCUT2D eigenvalue weighted by Crippen LogP contribution is 2.50. The predicted octanol–water partition coefficient (Wildman–Crippen LogP) is 1.35. The van der Waals surface area contributed by atoms with Crippen molar-refractivity contribution in [2.45, 2.75) is 18.3 Å². The molecule has 0 radical (unpaired) electrons. The summed E-state index contributed by atoms with van der Waals surface area (Å²) in [7, 11) is 3.15. The van der Waals surface area contributed by atoms with E-state index in [0.717, 1.165) is 5.56 Å². The zero-order valence-corrected chi connectivity index (χ0v) is 15.3. The van der Waals surface area contributed by atoms with Crippen molar-refractivity contribution < 1.29 is 23.6 Å². The van der Waals surface area contributed by atoms with Crippen LogP contribution in [0, 0.1) is 0 Å². The van der Waals surface area contributed by atoms with Gasteiger partial charge in [0.1, 0.15) is 0 Å². The summed E-state index contributed by atoms with van der Waals surface area (Å²) in [6, 6.07) is 7.25. The topological polar surface area (TPSA) is 93.9 Å². The molecule has 2 heterocycles. The minimum atomic E-state index is -0.671. The monoisotopic (exact) mass is 371 g/mol. The molecule has 1 saturated carbocycles. The van der Waals surface area contributed by atoms with Gasteiger partial charge in [-0.05, 0) is 31.0 Å². The van der Waals surface area contributed by atoms with Crippen LogP contribution in [0.3, 0.4) is 0 Å². The summed E-state index contributed by atoms with van der Waals surface area (Å²) < 4.78 is 16.1. The van der Waals surface area contributed by atoms with Crippen molar-refractivity contribution in [1.82, 2.24) is 15.4 Å². The molecule has 0 spiro atoms. The second kappa shape index (κ2) is 6.61. The van der Waals surface area contributed by atoms with E-state index in [4.69, 9.17) is 14.0 Å². The number of nitrogens with zero attached hydrogens (tertiary/aromatic N) is 2. The maximum atomic E-state index is 13.0. The van der Waals surface area contributed by atoms with Crippen LogP contribution >= 0.6 is 0 Å².